The molecule has 0 aliphatic heterocycles. The number of hydrogen-bond donors (Lipinski definition) is 0. The maximum atomic E-state index is 11.0. The van der Waals surface area contributed by atoms with Crippen molar-refractivity contribution in [3.05, 3.63) is 78.9 Å². The van der Waals surface area contributed by atoms with E-state index < -0.39 is 9.85 Å². The van der Waals surface area contributed by atoms with E-state index in [0.29, 0.717) is 0 Å². The lowest BCUT2D eigenvalue weighted by atomic mass is 9.64. The highest BCUT2D eigenvalue weighted by molar-refractivity contribution is 5.59. The van der Waals surface area contributed by atoms with E-state index >= 15 is 0 Å². The highest BCUT2D eigenvalue weighted by Crippen LogP contribution is 2.53. The molecule has 6 nitrogen and oxygen atoms in total. The Hall–Kier alpha value is -2.76. The van der Waals surface area contributed by atoms with Crippen LogP contribution in [-0.2, 0) is 0 Å². The van der Waals surface area contributed by atoms with Crippen LogP contribution in [-0.4, -0.2) is 9.85 Å². The molecule has 0 unspecified atom stereocenters. The topological polar surface area (TPSA) is 86.3 Å². The molecule has 0 heterocycles. The number of nitrogens with zero attached hydrogens (tertiary/aromatic N) is 2. The quantitative estimate of drug-likeness (QED) is 0.621. The first kappa shape index (κ1) is 12.9. The van der Waals surface area contributed by atoms with E-state index in [1.54, 1.807) is 24.3 Å². The molecular formula is C16H12N2O4. The monoisotopic (exact) mass is 296 g/mol. The predicted molar refractivity (Wildman–Crippen MR) is 79.1 cm³/mol. The molecule has 0 fully saturated rings. The summed E-state index contributed by atoms with van der Waals surface area (Å²) < 4.78 is 0. The second-order valence-electron chi connectivity index (χ2n) is 5.82. The minimum Gasteiger partial charge on any atom is -0.258 e. The third-order valence-electron chi connectivity index (χ3n) is 4.81. The Kier molecular flexibility index (Phi) is 2.57. The van der Waals surface area contributed by atoms with Gasteiger partial charge >= 0.3 is 0 Å². The molecule has 5 rings (SSSR count). The lowest BCUT2D eigenvalue weighted by Crippen LogP contribution is -2.24. The van der Waals surface area contributed by atoms with E-state index in [2.05, 4.69) is 0 Å². The fraction of sp³-hybridized carbons (Fsp3) is 0.250. The summed E-state index contributed by atoms with van der Waals surface area (Å²) in [5.41, 5.74) is 4.33. The number of rotatable bonds is 2. The molecule has 22 heavy (non-hydrogen) atoms. The Balaban J connectivity index is 1.90. The molecule has 3 aliphatic carbocycles. The smallest absolute Gasteiger partial charge is 0.258 e. The van der Waals surface area contributed by atoms with Crippen molar-refractivity contribution >= 4 is 11.4 Å². The molecule has 2 bridgehead atoms. The van der Waals surface area contributed by atoms with Gasteiger partial charge in [-0.2, -0.15) is 0 Å². The zero-order valence-corrected chi connectivity index (χ0v) is 11.6. The van der Waals surface area contributed by atoms with Gasteiger partial charge in [-0.05, 0) is 35.1 Å². The second-order valence-corrected chi connectivity index (χ2v) is 5.82. The van der Waals surface area contributed by atoms with Crippen LogP contribution >= 0.6 is 0 Å². The number of hydrogen-bond acceptors (Lipinski definition) is 4. The molecule has 6 heteroatoms. The Labute approximate surface area is 125 Å². The number of nitro groups is 2. The van der Waals surface area contributed by atoms with Gasteiger partial charge in [-0.1, -0.05) is 12.1 Å². The van der Waals surface area contributed by atoms with E-state index in [1.807, 2.05) is 12.1 Å². The maximum absolute atomic E-state index is 11.0. The Bertz CT molecular complexity index is 765. The van der Waals surface area contributed by atoms with Gasteiger partial charge in [0.05, 0.1) is 9.85 Å². The normalized spacial score (nSPS) is 21.1. The van der Waals surface area contributed by atoms with Crippen molar-refractivity contribution in [2.75, 3.05) is 0 Å². The molecule has 0 saturated carbocycles. The average Bonchev–Trinajstić information content (AvgIpc) is 2.54. The van der Waals surface area contributed by atoms with Crippen LogP contribution in [0, 0.1) is 20.2 Å². The molecule has 0 amide bonds. The molecule has 3 aliphatic rings. The standard InChI is InChI=1S/C16H12N2O4/c19-17(20)9-1-3-12-11-5-6-14(15(12)7-9)16-8-10(18(21)22)2-4-13(11)16/h1-4,7-8,11,14H,5-6H2. The van der Waals surface area contributed by atoms with Crippen LogP contribution in [0.2, 0.25) is 0 Å². The van der Waals surface area contributed by atoms with Crippen LogP contribution in [0.15, 0.2) is 36.4 Å². The van der Waals surface area contributed by atoms with Gasteiger partial charge in [0, 0.05) is 36.1 Å². The van der Waals surface area contributed by atoms with Gasteiger partial charge in [0.1, 0.15) is 0 Å². The molecular weight excluding hydrogens is 284 g/mol. The van der Waals surface area contributed by atoms with E-state index in [0.717, 1.165) is 35.1 Å². The van der Waals surface area contributed by atoms with Gasteiger partial charge in [0.15, 0.2) is 0 Å². The van der Waals surface area contributed by atoms with Crippen LogP contribution in [0.4, 0.5) is 11.4 Å². The molecule has 2 aromatic carbocycles. The number of nitro benzene ring substituents is 2. The summed E-state index contributed by atoms with van der Waals surface area (Å²) in [6.07, 6.45) is 1.87. The highest BCUT2D eigenvalue weighted by Gasteiger charge is 2.38. The highest BCUT2D eigenvalue weighted by atomic mass is 16.6. The SMILES string of the molecule is O=[N+]([O-])c1ccc2c(c1)C1CCC2c2ccc([N+](=O)[O-])cc21. The minimum atomic E-state index is -0.392. The first-order valence-corrected chi connectivity index (χ1v) is 7.12. The lowest BCUT2D eigenvalue weighted by Gasteiger charge is -2.39. The van der Waals surface area contributed by atoms with Crippen LogP contribution in [0.1, 0.15) is 46.9 Å². The molecule has 0 N–H and O–H groups in total. The summed E-state index contributed by atoms with van der Waals surface area (Å²) in [5, 5.41) is 22.0. The molecule has 0 saturated heterocycles. The Morgan fingerprint density at radius 3 is 1.55 bits per heavy atom. The average molecular weight is 296 g/mol. The summed E-state index contributed by atoms with van der Waals surface area (Å²) in [7, 11) is 0. The molecule has 0 atom stereocenters. The van der Waals surface area contributed by atoms with Crippen LogP contribution in [0.5, 0.6) is 0 Å². The number of benzene rings is 2. The van der Waals surface area contributed by atoms with E-state index in [4.69, 9.17) is 0 Å². The Morgan fingerprint density at radius 1 is 0.727 bits per heavy atom. The summed E-state index contributed by atoms with van der Waals surface area (Å²) in [4.78, 5) is 21.2. The van der Waals surface area contributed by atoms with Crippen molar-refractivity contribution in [1.82, 2.24) is 0 Å². The van der Waals surface area contributed by atoms with E-state index in [-0.39, 0.29) is 23.2 Å². The van der Waals surface area contributed by atoms with Crippen LogP contribution < -0.4 is 0 Å². The number of fused-ring (bicyclic) bond motifs is 1. The first-order valence-electron chi connectivity index (χ1n) is 7.12. The van der Waals surface area contributed by atoms with Crippen molar-refractivity contribution < 1.29 is 9.85 Å². The van der Waals surface area contributed by atoms with E-state index in [1.165, 1.54) is 0 Å². The summed E-state index contributed by atoms with van der Waals surface area (Å²) in [6.45, 7) is 0. The van der Waals surface area contributed by atoms with Gasteiger partial charge < -0.3 is 0 Å². The zero-order chi connectivity index (χ0) is 15.4. The number of non-ortho nitro benzene ring substituents is 2. The van der Waals surface area contributed by atoms with Crippen molar-refractivity contribution in [2.24, 2.45) is 0 Å². The minimum absolute atomic E-state index is 0.0230. The van der Waals surface area contributed by atoms with Crippen molar-refractivity contribution in [3.8, 4) is 0 Å². The lowest BCUT2D eigenvalue weighted by molar-refractivity contribution is -0.385. The second kappa shape index (κ2) is 4.37. The van der Waals surface area contributed by atoms with Crippen LogP contribution in [0.3, 0.4) is 0 Å². The summed E-state index contributed by atoms with van der Waals surface area (Å²) >= 11 is 0. The van der Waals surface area contributed by atoms with Crippen molar-refractivity contribution in [2.45, 2.75) is 24.7 Å². The van der Waals surface area contributed by atoms with Gasteiger partial charge in [-0.15, -0.1) is 0 Å². The van der Waals surface area contributed by atoms with E-state index in [9.17, 15) is 20.2 Å². The maximum Gasteiger partial charge on any atom is 0.269 e. The van der Waals surface area contributed by atoms with Crippen molar-refractivity contribution in [3.63, 3.8) is 0 Å². The predicted octanol–water partition coefficient (Wildman–Crippen LogP) is 3.87. The molecule has 0 radical (unpaired) electrons. The fourth-order valence-corrected chi connectivity index (χ4v) is 3.88. The third kappa shape index (κ3) is 1.67. The summed E-state index contributed by atoms with van der Waals surface area (Å²) in [5.74, 6) is 0.214. The Morgan fingerprint density at radius 2 is 1.14 bits per heavy atom. The van der Waals surface area contributed by atoms with Gasteiger partial charge in [-0.3, -0.25) is 20.2 Å². The molecule has 110 valence electrons. The van der Waals surface area contributed by atoms with Gasteiger partial charge in [0.2, 0.25) is 0 Å². The molecule has 2 aromatic rings. The third-order valence-corrected chi connectivity index (χ3v) is 4.81. The van der Waals surface area contributed by atoms with Crippen molar-refractivity contribution in [1.29, 1.82) is 0 Å². The van der Waals surface area contributed by atoms with Gasteiger partial charge in [-0.25, -0.2) is 0 Å². The van der Waals surface area contributed by atoms with Gasteiger partial charge in [0.25, 0.3) is 11.4 Å². The molecule has 0 spiro atoms. The summed E-state index contributed by atoms with van der Waals surface area (Å²) in [6, 6.07) is 10.0. The fourth-order valence-electron chi connectivity index (χ4n) is 3.88. The first-order chi connectivity index (χ1) is 10.6. The molecule has 0 aromatic heterocycles. The van der Waals surface area contributed by atoms with Crippen LogP contribution in [0.25, 0.3) is 0 Å². The largest absolute Gasteiger partial charge is 0.269 e. The zero-order valence-electron chi connectivity index (χ0n) is 11.6.